The van der Waals surface area contributed by atoms with Gasteiger partial charge in [0, 0.05) is 35.3 Å². The van der Waals surface area contributed by atoms with Crippen LogP contribution in [0.15, 0.2) is 24.3 Å². The quantitative estimate of drug-likeness (QED) is 0.722. The van der Waals surface area contributed by atoms with E-state index in [9.17, 15) is 13.2 Å². The zero-order valence-electron chi connectivity index (χ0n) is 11.4. The number of halogens is 3. The highest BCUT2D eigenvalue weighted by Crippen LogP contribution is 2.41. The summed E-state index contributed by atoms with van der Waals surface area (Å²) >= 11 is 0. The molecule has 0 aliphatic rings. The van der Waals surface area contributed by atoms with Gasteiger partial charge >= 0.3 is 6.18 Å². The number of nitrogens with two attached hydrogens (primary N) is 1. The molecule has 0 amide bonds. The van der Waals surface area contributed by atoms with Crippen LogP contribution in [0, 0.1) is 6.92 Å². The van der Waals surface area contributed by atoms with Crippen molar-refractivity contribution in [3.8, 4) is 11.3 Å². The van der Waals surface area contributed by atoms with Gasteiger partial charge in [-0.3, -0.25) is 5.10 Å². The first-order valence-electron chi connectivity index (χ1n) is 6.27. The van der Waals surface area contributed by atoms with E-state index in [0.717, 1.165) is 6.07 Å². The lowest BCUT2D eigenvalue weighted by Gasteiger charge is -2.09. The smallest absolute Gasteiger partial charge is 0.382 e. The van der Waals surface area contributed by atoms with Crippen molar-refractivity contribution in [1.29, 1.82) is 0 Å². The Labute approximate surface area is 118 Å². The van der Waals surface area contributed by atoms with Gasteiger partial charge in [-0.05, 0) is 19.1 Å². The van der Waals surface area contributed by atoms with Crippen LogP contribution in [0.5, 0.6) is 0 Å². The molecule has 0 atom stereocenters. The summed E-state index contributed by atoms with van der Waals surface area (Å²) < 4.78 is 41.6. The molecule has 0 unspecified atom stereocenters. The summed E-state index contributed by atoms with van der Waals surface area (Å²) in [7, 11) is 1.74. The third kappa shape index (κ3) is 1.96. The number of aromatic nitrogens is 3. The van der Waals surface area contributed by atoms with Crippen LogP contribution < -0.4 is 5.73 Å². The Morgan fingerprint density at radius 1 is 1.29 bits per heavy atom. The number of alkyl halides is 3. The van der Waals surface area contributed by atoms with Crippen molar-refractivity contribution in [1.82, 2.24) is 14.8 Å². The van der Waals surface area contributed by atoms with Gasteiger partial charge in [0.25, 0.3) is 0 Å². The maximum absolute atomic E-state index is 13.3. The van der Waals surface area contributed by atoms with Crippen LogP contribution in [-0.4, -0.2) is 14.8 Å². The lowest BCUT2D eigenvalue weighted by atomic mass is 10.0. The van der Waals surface area contributed by atoms with Gasteiger partial charge in [0.1, 0.15) is 5.82 Å². The number of benzene rings is 1. The molecule has 3 rings (SSSR count). The van der Waals surface area contributed by atoms with Gasteiger partial charge < -0.3 is 10.3 Å². The molecule has 0 aliphatic carbocycles. The zero-order valence-corrected chi connectivity index (χ0v) is 11.4. The zero-order chi connectivity index (χ0) is 15.4. The number of anilines is 1. The number of hydrogen-bond acceptors (Lipinski definition) is 2. The molecule has 1 aromatic carbocycles. The van der Waals surface area contributed by atoms with Gasteiger partial charge in [-0.2, -0.15) is 18.3 Å². The highest BCUT2D eigenvalue weighted by atomic mass is 19.4. The summed E-state index contributed by atoms with van der Waals surface area (Å²) in [6, 6.07) is 5.70. The topological polar surface area (TPSA) is 59.6 Å². The monoisotopic (exact) mass is 294 g/mol. The highest BCUT2D eigenvalue weighted by Gasteiger charge is 2.35. The second-order valence-corrected chi connectivity index (χ2v) is 4.92. The molecular formula is C14H13F3N4. The number of fused-ring (bicyclic) bond motifs is 1. The van der Waals surface area contributed by atoms with Crippen molar-refractivity contribution < 1.29 is 13.2 Å². The molecule has 21 heavy (non-hydrogen) atoms. The maximum Gasteiger partial charge on any atom is 0.417 e. The lowest BCUT2D eigenvalue weighted by molar-refractivity contribution is -0.136. The van der Waals surface area contributed by atoms with E-state index in [-0.39, 0.29) is 11.2 Å². The number of rotatable bonds is 1. The van der Waals surface area contributed by atoms with Gasteiger partial charge in [0.05, 0.1) is 11.3 Å². The van der Waals surface area contributed by atoms with Crippen LogP contribution in [0.25, 0.3) is 22.2 Å². The van der Waals surface area contributed by atoms with Gasteiger partial charge in [0.2, 0.25) is 0 Å². The molecular weight excluding hydrogens is 281 g/mol. The second kappa shape index (κ2) is 4.28. The molecule has 0 bridgehead atoms. The Hall–Kier alpha value is -2.44. The molecule has 7 heteroatoms. The van der Waals surface area contributed by atoms with Gasteiger partial charge in [-0.15, -0.1) is 0 Å². The summed E-state index contributed by atoms with van der Waals surface area (Å²) in [5.74, 6) is 0.242. The molecule has 2 heterocycles. The first-order valence-corrected chi connectivity index (χ1v) is 6.27. The minimum Gasteiger partial charge on any atom is -0.382 e. The molecule has 0 spiro atoms. The number of nitrogens with one attached hydrogen (secondary N) is 1. The van der Waals surface area contributed by atoms with Gasteiger partial charge in [-0.1, -0.05) is 6.07 Å². The summed E-state index contributed by atoms with van der Waals surface area (Å²) in [5.41, 5.74) is 7.10. The van der Waals surface area contributed by atoms with Crippen LogP contribution in [0.1, 0.15) is 11.3 Å². The fourth-order valence-corrected chi connectivity index (χ4v) is 2.64. The van der Waals surface area contributed by atoms with Crippen LogP contribution in [-0.2, 0) is 13.2 Å². The van der Waals surface area contributed by atoms with E-state index in [1.54, 1.807) is 24.6 Å². The van der Waals surface area contributed by atoms with Crippen LogP contribution >= 0.6 is 0 Å². The Morgan fingerprint density at radius 2 is 2.00 bits per heavy atom. The van der Waals surface area contributed by atoms with Crippen LogP contribution in [0.3, 0.4) is 0 Å². The second-order valence-electron chi connectivity index (χ2n) is 4.92. The molecule has 0 radical (unpaired) electrons. The van der Waals surface area contributed by atoms with E-state index >= 15 is 0 Å². The van der Waals surface area contributed by atoms with Crippen molar-refractivity contribution in [2.24, 2.45) is 7.05 Å². The van der Waals surface area contributed by atoms with Crippen molar-refractivity contribution >= 4 is 16.7 Å². The number of aryl methyl sites for hydroxylation is 1. The van der Waals surface area contributed by atoms with E-state index < -0.39 is 11.7 Å². The summed E-state index contributed by atoms with van der Waals surface area (Å²) in [4.78, 5) is 0. The Balaban J connectivity index is 2.46. The van der Waals surface area contributed by atoms with E-state index in [0.29, 0.717) is 22.5 Å². The fourth-order valence-electron chi connectivity index (χ4n) is 2.64. The number of nitrogens with zero attached hydrogens (tertiary/aromatic N) is 2. The molecule has 2 aromatic heterocycles. The van der Waals surface area contributed by atoms with E-state index in [4.69, 9.17) is 5.73 Å². The Kier molecular flexibility index (Phi) is 2.76. The number of H-pyrrole nitrogens is 1. The normalized spacial score (nSPS) is 12.2. The minimum atomic E-state index is -4.42. The van der Waals surface area contributed by atoms with Crippen LogP contribution in [0.4, 0.5) is 19.0 Å². The molecule has 0 saturated carbocycles. The minimum absolute atomic E-state index is 0.161. The largest absolute Gasteiger partial charge is 0.417 e. The average molecular weight is 294 g/mol. The van der Waals surface area contributed by atoms with Crippen molar-refractivity contribution in [3.05, 3.63) is 35.5 Å². The first kappa shape index (κ1) is 13.5. The molecule has 0 fully saturated rings. The lowest BCUT2D eigenvalue weighted by Crippen LogP contribution is -2.05. The molecule has 3 aromatic rings. The standard InChI is InChI=1S/C14H13F3N4/c1-7-12(9-6-11(18)20-19-9)13-8(14(15,16)17)4-3-5-10(13)21(7)2/h3-6H,1-2H3,(H3,18,19,20). The van der Waals surface area contributed by atoms with Gasteiger partial charge in [0.15, 0.2) is 0 Å². The number of hydrogen-bond donors (Lipinski definition) is 2. The maximum atomic E-state index is 13.3. The Bertz CT molecular complexity index is 827. The third-order valence-electron chi connectivity index (χ3n) is 3.69. The van der Waals surface area contributed by atoms with Crippen molar-refractivity contribution in [3.63, 3.8) is 0 Å². The van der Waals surface area contributed by atoms with E-state index in [2.05, 4.69) is 10.2 Å². The Morgan fingerprint density at radius 3 is 2.57 bits per heavy atom. The van der Waals surface area contributed by atoms with Crippen molar-refractivity contribution in [2.45, 2.75) is 13.1 Å². The third-order valence-corrected chi connectivity index (χ3v) is 3.69. The molecule has 3 N–H and O–H groups in total. The highest BCUT2D eigenvalue weighted by molar-refractivity contribution is 6.00. The van der Waals surface area contributed by atoms with Crippen LogP contribution in [0.2, 0.25) is 0 Å². The van der Waals surface area contributed by atoms with Gasteiger partial charge in [-0.25, -0.2) is 0 Å². The van der Waals surface area contributed by atoms with E-state index in [1.165, 1.54) is 12.1 Å². The predicted molar refractivity (Wildman–Crippen MR) is 74.7 cm³/mol. The molecule has 0 aliphatic heterocycles. The average Bonchev–Trinajstić information content (AvgIpc) is 2.92. The fraction of sp³-hybridized carbons (Fsp3) is 0.214. The number of nitrogen functional groups attached to an aromatic ring is 1. The summed E-state index contributed by atoms with van der Waals surface area (Å²) in [6.07, 6.45) is -4.42. The van der Waals surface area contributed by atoms with E-state index in [1.807, 2.05) is 0 Å². The van der Waals surface area contributed by atoms with Crippen molar-refractivity contribution in [2.75, 3.05) is 5.73 Å². The molecule has 0 saturated heterocycles. The summed E-state index contributed by atoms with van der Waals surface area (Å²) in [5, 5.41) is 6.66. The summed E-state index contributed by atoms with van der Waals surface area (Å²) in [6.45, 7) is 1.77. The molecule has 110 valence electrons. The first-order chi connectivity index (χ1) is 9.80. The predicted octanol–water partition coefficient (Wildman–Crippen LogP) is 3.48. The SMILES string of the molecule is Cc1c(-c2cc(N)n[nH]2)c2c(C(F)(F)F)cccc2n1C. The number of aromatic amines is 1. The molecule has 4 nitrogen and oxygen atoms in total.